The maximum atomic E-state index is 12.0. The average molecular weight is 297 g/mol. The highest BCUT2D eigenvalue weighted by atomic mass is 79.9. The number of nitrogens with zero attached hydrogens (tertiary/aromatic N) is 1. The maximum absolute atomic E-state index is 12.0. The lowest BCUT2D eigenvalue weighted by Gasteiger charge is -2.17. The third-order valence-electron chi connectivity index (χ3n) is 2.87. The number of halogens is 1. The summed E-state index contributed by atoms with van der Waals surface area (Å²) in [6.07, 6.45) is 0.733. The molecule has 1 aromatic carbocycles. The molecule has 0 aromatic heterocycles. The standard InChI is InChI=1S/C12H13BrN2O2/c1-2-8(14)6-15-11(16)9-4-3-7(13)5-10(9)12(15)17/h3-5,8H,2,6,14H2,1H3. The Morgan fingerprint density at radius 1 is 1.29 bits per heavy atom. The number of nitrogens with two attached hydrogens (primary N) is 1. The Morgan fingerprint density at radius 2 is 1.94 bits per heavy atom. The van der Waals surface area contributed by atoms with Gasteiger partial charge in [-0.25, -0.2) is 0 Å². The van der Waals surface area contributed by atoms with Crippen LogP contribution in [0.5, 0.6) is 0 Å². The van der Waals surface area contributed by atoms with Crippen LogP contribution in [0.1, 0.15) is 34.1 Å². The summed E-state index contributed by atoms with van der Waals surface area (Å²) in [5.74, 6) is -0.503. The Labute approximate surface area is 108 Å². The van der Waals surface area contributed by atoms with E-state index in [0.717, 1.165) is 10.9 Å². The summed E-state index contributed by atoms with van der Waals surface area (Å²) < 4.78 is 0.791. The molecule has 1 aromatic rings. The van der Waals surface area contributed by atoms with E-state index in [0.29, 0.717) is 11.1 Å². The number of hydrogen-bond acceptors (Lipinski definition) is 3. The monoisotopic (exact) mass is 296 g/mol. The molecule has 1 atom stereocenters. The van der Waals surface area contributed by atoms with Crippen LogP contribution in [0, 0.1) is 0 Å². The van der Waals surface area contributed by atoms with Crippen molar-refractivity contribution in [2.45, 2.75) is 19.4 Å². The van der Waals surface area contributed by atoms with Gasteiger partial charge in [-0.1, -0.05) is 22.9 Å². The molecule has 90 valence electrons. The molecule has 2 amide bonds. The first-order valence-corrected chi connectivity index (χ1v) is 6.25. The van der Waals surface area contributed by atoms with Crippen molar-refractivity contribution in [3.05, 3.63) is 33.8 Å². The molecule has 5 heteroatoms. The topological polar surface area (TPSA) is 63.4 Å². The smallest absolute Gasteiger partial charge is 0.261 e. The van der Waals surface area contributed by atoms with Crippen LogP contribution in [-0.2, 0) is 0 Å². The molecule has 0 saturated carbocycles. The molecule has 0 bridgehead atoms. The highest BCUT2D eigenvalue weighted by Crippen LogP contribution is 2.26. The van der Waals surface area contributed by atoms with Crippen LogP contribution in [0.15, 0.2) is 22.7 Å². The summed E-state index contributed by atoms with van der Waals surface area (Å²) in [5, 5.41) is 0. The summed E-state index contributed by atoms with van der Waals surface area (Å²) in [5.41, 5.74) is 6.70. The van der Waals surface area contributed by atoms with E-state index >= 15 is 0 Å². The van der Waals surface area contributed by atoms with Gasteiger partial charge in [0.25, 0.3) is 11.8 Å². The van der Waals surface area contributed by atoms with E-state index in [2.05, 4.69) is 15.9 Å². The van der Waals surface area contributed by atoms with E-state index in [1.165, 1.54) is 4.90 Å². The fourth-order valence-electron chi connectivity index (χ4n) is 1.79. The summed E-state index contributed by atoms with van der Waals surface area (Å²) in [4.78, 5) is 25.3. The number of carbonyl (C=O) groups excluding carboxylic acids is 2. The highest BCUT2D eigenvalue weighted by molar-refractivity contribution is 9.10. The van der Waals surface area contributed by atoms with Gasteiger partial charge in [-0.05, 0) is 24.6 Å². The minimum Gasteiger partial charge on any atom is -0.326 e. The predicted molar refractivity (Wildman–Crippen MR) is 67.8 cm³/mol. The van der Waals surface area contributed by atoms with E-state index in [1.54, 1.807) is 18.2 Å². The Balaban J connectivity index is 2.32. The van der Waals surface area contributed by atoms with Crippen molar-refractivity contribution in [2.24, 2.45) is 5.73 Å². The number of carbonyl (C=O) groups is 2. The molecule has 0 saturated heterocycles. The molecule has 4 nitrogen and oxygen atoms in total. The van der Waals surface area contributed by atoms with Crippen LogP contribution >= 0.6 is 15.9 Å². The minimum atomic E-state index is -0.254. The summed E-state index contributed by atoms with van der Waals surface area (Å²) in [7, 11) is 0. The van der Waals surface area contributed by atoms with Gasteiger partial charge in [0.1, 0.15) is 0 Å². The fraction of sp³-hybridized carbons (Fsp3) is 0.333. The molecule has 0 aliphatic carbocycles. The van der Waals surface area contributed by atoms with Gasteiger partial charge in [-0.15, -0.1) is 0 Å². The zero-order valence-corrected chi connectivity index (χ0v) is 11.0. The van der Waals surface area contributed by atoms with Gasteiger partial charge in [-0.3, -0.25) is 14.5 Å². The van der Waals surface area contributed by atoms with E-state index in [4.69, 9.17) is 5.73 Å². The number of rotatable bonds is 3. The molecule has 1 aliphatic rings. The van der Waals surface area contributed by atoms with Gasteiger partial charge in [-0.2, -0.15) is 0 Å². The number of fused-ring (bicyclic) bond motifs is 1. The van der Waals surface area contributed by atoms with Crippen LogP contribution in [0.3, 0.4) is 0 Å². The van der Waals surface area contributed by atoms with Gasteiger partial charge in [0.05, 0.1) is 11.1 Å². The van der Waals surface area contributed by atoms with Crippen LogP contribution < -0.4 is 5.73 Å². The first kappa shape index (κ1) is 12.3. The van der Waals surface area contributed by atoms with Crippen molar-refractivity contribution in [1.82, 2.24) is 4.90 Å². The predicted octanol–water partition coefficient (Wildman–Crippen LogP) is 1.78. The first-order valence-electron chi connectivity index (χ1n) is 5.46. The zero-order valence-electron chi connectivity index (χ0n) is 9.44. The third-order valence-corrected chi connectivity index (χ3v) is 3.37. The van der Waals surface area contributed by atoms with Gasteiger partial charge < -0.3 is 5.73 Å². The normalized spacial score (nSPS) is 16.3. The Hall–Kier alpha value is -1.20. The average Bonchev–Trinajstić information content (AvgIpc) is 2.54. The minimum absolute atomic E-state index is 0.166. The Bertz CT molecular complexity index is 487. The lowest BCUT2D eigenvalue weighted by atomic mass is 10.1. The van der Waals surface area contributed by atoms with E-state index < -0.39 is 0 Å². The number of imide groups is 1. The molecule has 1 unspecified atom stereocenters. The van der Waals surface area contributed by atoms with Crippen molar-refractivity contribution in [1.29, 1.82) is 0 Å². The molecule has 1 aliphatic heterocycles. The SMILES string of the molecule is CCC(N)CN1C(=O)c2ccc(Br)cc2C1=O. The summed E-state index contributed by atoms with van der Waals surface area (Å²) in [6, 6.07) is 4.93. The second kappa shape index (κ2) is 4.58. The molecule has 2 rings (SSSR count). The van der Waals surface area contributed by atoms with E-state index in [9.17, 15) is 9.59 Å². The van der Waals surface area contributed by atoms with Crippen molar-refractivity contribution < 1.29 is 9.59 Å². The molecule has 1 heterocycles. The van der Waals surface area contributed by atoms with Crippen molar-refractivity contribution in [3.8, 4) is 0 Å². The van der Waals surface area contributed by atoms with Crippen molar-refractivity contribution in [3.63, 3.8) is 0 Å². The van der Waals surface area contributed by atoms with E-state index in [1.807, 2.05) is 6.92 Å². The quantitative estimate of drug-likeness (QED) is 0.865. The molecular weight excluding hydrogens is 284 g/mol. The second-order valence-corrected chi connectivity index (χ2v) is 4.99. The lowest BCUT2D eigenvalue weighted by Crippen LogP contribution is -2.40. The lowest BCUT2D eigenvalue weighted by molar-refractivity contribution is 0.0644. The molecule has 0 fully saturated rings. The largest absolute Gasteiger partial charge is 0.326 e. The van der Waals surface area contributed by atoms with Crippen molar-refractivity contribution >= 4 is 27.7 Å². The second-order valence-electron chi connectivity index (χ2n) is 4.08. The van der Waals surface area contributed by atoms with Gasteiger partial charge in [0.2, 0.25) is 0 Å². The first-order chi connectivity index (χ1) is 8.04. The van der Waals surface area contributed by atoms with Gasteiger partial charge >= 0.3 is 0 Å². The van der Waals surface area contributed by atoms with Gasteiger partial charge in [0, 0.05) is 17.1 Å². The summed E-state index contributed by atoms with van der Waals surface area (Å²) in [6.45, 7) is 2.21. The van der Waals surface area contributed by atoms with Gasteiger partial charge in [0.15, 0.2) is 0 Å². The molecule has 0 radical (unpaired) electrons. The number of benzene rings is 1. The Kier molecular flexibility index (Phi) is 3.31. The number of amides is 2. The number of hydrogen-bond donors (Lipinski definition) is 1. The molecule has 0 spiro atoms. The van der Waals surface area contributed by atoms with Crippen molar-refractivity contribution in [2.75, 3.05) is 6.54 Å². The van der Waals surface area contributed by atoms with E-state index in [-0.39, 0.29) is 24.4 Å². The fourth-order valence-corrected chi connectivity index (χ4v) is 2.15. The Morgan fingerprint density at radius 3 is 2.59 bits per heavy atom. The maximum Gasteiger partial charge on any atom is 0.261 e. The molecule has 2 N–H and O–H groups in total. The third kappa shape index (κ3) is 2.12. The van der Waals surface area contributed by atoms with Crippen LogP contribution in [0.25, 0.3) is 0 Å². The van der Waals surface area contributed by atoms with Crippen LogP contribution in [0.4, 0.5) is 0 Å². The highest BCUT2D eigenvalue weighted by Gasteiger charge is 2.35. The summed E-state index contributed by atoms with van der Waals surface area (Å²) >= 11 is 3.29. The molecule has 17 heavy (non-hydrogen) atoms. The van der Waals surface area contributed by atoms with Crippen LogP contribution in [-0.4, -0.2) is 29.3 Å². The van der Waals surface area contributed by atoms with Crippen LogP contribution in [0.2, 0.25) is 0 Å². The molecular formula is C12H13BrN2O2. The zero-order chi connectivity index (χ0) is 12.6.